The van der Waals surface area contributed by atoms with Crippen LogP contribution < -0.4 is 0 Å². The number of benzene rings is 1. The fourth-order valence-electron chi connectivity index (χ4n) is 1.94. The van der Waals surface area contributed by atoms with Crippen LogP contribution in [0, 0.1) is 5.41 Å². The fourth-order valence-corrected chi connectivity index (χ4v) is 2.29. The molecule has 0 N–H and O–H groups in total. The van der Waals surface area contributed by atoms with Gasteiger partial charge in [-0.2, -0.15) is 0 Å². The lowest BCUT2D eigenvalue weighted by molar-refractivity contribution is -0.158. The summed E-state index contributed by atoms with van der Waals surface area (Å²) in [6.07, 6.45) is 1.35. The highest BCUT2D eigenvalue weighted by atomic mass is 35.5. The number of carbonyl (C=O) groups is 2. The molecule has 0 spiro atoms. The largest absolute Gasteiger partial charge is 0.465 e. The van der Waals surface area contributed by atoms with E-state index in [4.69, 9.17) is 16.3 Å². The highest BCUT2D eigenvalue weighted by Gasteiger charge is 2.43. The first-order valence-corrected chi connectivity index (χ1v) is 6.85. The second kappa shape index (κ2) is 7.29. The molecule has 3 nitrogen and oxygen atoms in total. The normalized spacial score (nSPS) is 11.1. The van der Waals surface area contributed by atoms with E-state index in [2.05, 4.69) is 0 Å². The molecular weight excluding hydrogens is 264 g/mol. The highest BCUT2D eigenvalue weighted by molar-refractivity contribution is 6.66. The first-order chi connectivity index (χ1) is 9.06. The van der Waals surface area contributed by atoms with Gasteiger partial charge in [0.15, 0.2) is 0 Å². The predicted octanol–water partition coefficient (Wildman–Crippen LogP) is 3.34. The lowest BCUT2D eigenvalue weighted by Gasteiger charge is -2.24. The van der Waals surface area contributed by atoms with Crippen molar-refractivity contribution in [1.82, 2.24) is 0 Å². The van der Waals surface area contributed by atoms with E-state index in [0.717, 1.165) is 5.56 Å². The number of rotatable bonds is 7. The zero-order valence-electron chi connectivity index (χ0n) is 11.3. The van der Waals surface area contributed by atoms with Crippen LogP contribution in [0.4, 0.5) is 0 Å². The molecule has 0 bridgehead atoms. The smallest absolute Gasteiger partial charge is 0.320 e. The average Bonchev–Trinajstić information content (AvgIpc) is 2.41. The van der Waals surface area contributed by atoms with Gasteiger partial charge in [0.05, 0.1) is 6.61 Å². The fraction of sp³-hybridized carbons (Fsp3) is 0.467. The van der Waals surface area contributed by atoms with Crippen molar-refractivity contribution in [2.24, 2.45) is 5.41 Å². The van der Waals surface area contributed by atoms with Crippen LogP contribution >= 0.6 is 11.6 Å². The van der Waals surface area contributed by atoms with Crippen molar-refractivity contribution in [1.29, 1.82) is 0 Å². The van der Waals surface area contributed by atoms with Crippen LogP contribution in [-0.4, -0.2) is 17.8 Å². The van der Waals surface area contributed by atoms with Gasteiger partial charge in [0.1, 0.15) is 5.41 Å². The molecule has 0 aliphatic carbocycles. The number of carbonyl (C=O) groups excluding carboxylic acids is 2. The van der Waals surface area contributed by atoms with Crippen LogP contribution in [0.1, 0.15) is 32.3 Å². The molecule has 4 heteroatoms. The molecule has 0 aliphatic heterocycles. The third-order valence-corrected chi connectivity index (χ3v) is 3.80. The lowest BCUT2D eigenvalue weighted by Crippen LogP contribution is -2.37. The molecule has 0 aromatic heterocycles. The Morgan fingerprint density at radius 2 is 1.74 bits per heavy atom. The minimum Gasteiger partial charge on any atom is -0.465 e. The Hall–Kier alpha value is -1.35. The summed E-state index contributed by atoms with van der Waals surface area (Å²) in [5.74, 6) is -0.520. The van der Waals surface area contributed by atoms with Crippen molar-refractivity contribution in [3.8, 4) is 0 Å². The maximum absolute atomic E-state index is 12.0. The van der Waals surface area contributed by atoms with Crippen molar-refractivity contribution >= 4 is 22.8 Å². The van der Waals surface area contributed by atoms with Crippen molar-refractivity contribution in [3.63, 3.8) is 0 Å². The van der Waals surface area contributed by atoms with Crippen LogP contribution in [0.3, 0.4) is 0 Å². The molecule has 0 unspecified atom stereocenters. The van der Waals surface area contributed by atoms with Crippen molar-refractivity contribution in [3.05, 3.63) is 35.9 Å². The van der Waals surface area contributed by atoms with Crippen LogP contribution in [0.25, 0.3) is 0 Å². The molecular formula is C15H19ClO3. The molecule has 19 heavy (non-hydrogen) atoms. The van der Waals surface area contributed by atoms with Crippen molar-refractivity contribution < 1.29 is 14.3 Å². The van der Waals surface area contributed by atoms with Gasteiger partial charge in [0, 0.05) is 6.42 Å². The summed E-state index contributed by atoms with van der Waals surface area (Å²) < 4.78 is 5.21. The second-order valence-corrected chi connectivity index (χ2v) is 4.78. The maximum Gasteiger partial charge on any atom is 0.320 e. The summed E-state index contributed by atoms with van der Waals surface area (Å²) in [6.45, 7) is 3.79. The second-order valence-electron chi connectivity index (χ2n) is 4.43. The first-order valence-electron chi connectivity index (χ1n) is 6.48. The molecule has 0 heterocycles. The number of hydrogen-bond acceptors (Lipinski definition) is 3. The van der Waals surface area contributed by atoms with Crippen molar-refractivity contribution in [2.45, 2.75) is 33.1 Å². The summed E-state index contributed by atoms with van der Waals surface area (Å²) in [5.41, 5.74) is -0.107. The van der Waals surface area contributed by atoms with Crippen LogP contribution in [0.5, 0.6) is 0 Å². The van der Waals surface area contributed by atoms with Gasteiger partial charge in [0.2, 0.25) is 5.24 Å². The molecule has 0 amide bonds. The SMILES string of the molecule is CCC(CC)(C(=O)Cl)C(=O)OCCc1ccccc1. The minimum absolute atomic E-state index is 0.259. The number of ether oxygens (including phenoxy) is 1. The lowest BCUT2D eigenvalue weighted by atomic mass is 9.84. The molecule has 0 atom stereocenters. The molecule has 0 radical (unpaired) electrons. The van der Waals surface area contributed by atoms with Gasteiger partial charge in [-0.1, -0.05) is 44.2 Å². The van der Waals surface area contributed by atoms with E-state index in [1.165, 1.54) is 0 Å². The number of esters is 1. The first kappa shape index (κ1) is 15.7. The third kappa shape index (κ3) is 3.80. The van der Waals surface area contributed by atoms with Crippen molar-refractivity contribution in [2.75, 3.05) is 6.61 Å². The average molecular weight is 283 g/mol. The number of halogens is 1. The van der Waals surface area contributed by atoms with E-state index >= 15 is 0 Å². The summed E-state index contributed by atoms with van der Waals surface area (Å²) in [4.78, 5) is 23.5. The van der Waals surface area contributed by atoms with Gasteiger partial charge in [-0.05, 0) is 30.0 Å². The van der Waals surface area contributed by atoms with E-state index in [9.17, 15) is 9.59 Å². The quantitative estimate of drug-likeness (QED) is 0.438. The topological polar surface area (TPSA) is 43.4 Å². The molecule has 1 aromatic rings. The predicted molar refractivity (Wildman–Crippen MR) is 75.0 cm³/mol. The van der Waals surface area contributed by atoms with E-state index < -0.39 is 16.6 Å². The van der Waals surface area contributed by atoms with Gasteiger partial charge < -0.3 is 4.74 Å². The maximum atomic E-state index is 12.0. The summed E-state index contributed by atoms with van der Waals surface area (Å²) in [5, 5.41) is -0.637. The van der Waals surface area contributed by atoms with E-state index in [-0.39, 0.29) is 6.61 Å². The van der Waals surface area contributed by atoms with Gasteiger partial charge in [-0.3, -0.25) is 9.59 Å². The summed E-state index contributed by atoms with van der Waals surface area (Å²) in [6, 6.07) is 9.73. The minimum atomic E-state index is -1.20. The van der Waals surface area contributed by atoms with E-state index in [1.54, 1.807) is 13.8 Å². The Bertz CT molecular complexity index is 424. The van der Waals surface area contributed by atoms with Crippen LogP contribution in [-0.2, 0) is 20.7 Å². The standard InChI is InChI=1S/C15H19ClO3/c1-3-15(4-2,13(16)17)14(18)19-11-10-12-8-6-5-7-9-12/h5-9H,3-4,10-11H2,1-2H3. The monoisotopic (exact) mass is 282 g/mol. The van der Waals surface area contributed by atoms with Gasteiger partial charge in [-0.15, -0.1) is 0 Å². The molecule has 1 rings (SSSR count). The highest BCUT2D eigenvalue weighted by Crippen LogP contribution is 2.31. The van der Waals surface area contributed by atoms with E-state index in [1.807, 2.05) is 30.3 Å². The molecule has 1 aromatic carbocycles. The van der Waals surface area contributed by atoms with Gasteiger partial charge in [0.25, 0.3) is 0 Å². The molecule has 0 saturated heterocycles. The number of hydrogen-bond donors (Lipinski definition) is 0. The Labute approximate surface area is 118 Å². The Balaban J connectivity index is 2.57. The molecule has 104 valence electrons. The molecule has 0 aliphatic rings. The Kier molecular flexibility index (Phi) is 6.03. The van der Waals surface area contributed by atoms with Gasteiger partial charge in [-0.25, -0.2) is 0 Å². The van der Waals surface area contributed by atoms with E-state index in [0.29, 0.717) is 19.3 Å². The van der Waals surface area contributed by atoms with Crippen LogP contribution in [0.15, 0.2) is 30.3 Å². The summed E-state index contributed by atoms with van der Waals surface area (Å²) >= 11 is 5.55. The zero-order valence-corrected chi connectivity index (χ0v) is 12.1. The zero-order chi connectivity index (χ0) is 14.3. The third-order valence-electron chi connectivity index (χ3n) is 3.44. The summed E-state index contributed by atoms with van der Waals surface area (Å²) in [7, 11) is 0. The van der Waals surface area contributed by atoms with Crippen LogP contribution in [0.2, 0.25) is 0 Å². The van der Waals surface area contributed by atoms with Gasteiger partial charge >= 0.3 is 5.97 Å². The molecule has 0 fully saturated rings. The Morgan fingerprint density at radius 1 is 1.16 bits per heavy atom. The Morgan fingerprint density at radius 3 is 2.21 bits per heavy atom. The molecule has 0 saturated carbocycles.